The van der Waals surface area contributed by atoms with Gasteiger partial charge in [0, 0.05) is 49.4 Å². The average Bonchev–Trinajstić information content (AvgIpc) is 3.38. The van der Waals surface area contributed by atoms with Gasteiger partial charge in [-0.05, 0) is 38.8 Å². The minimum absolute atomic E-state index is 0. The molecular formula is C22H33N7O. The molecule has 0 saturated carbocycles. The van der Waals surface area contributed by atoms with Crippen molar-refractivity contribution in [1.82, 2.24) is 36.0 Å². The van der Waals surface area contributed by atoms with Gasteiger partial charge in [0.25, 0.3) is 0 Å². The van der Waals surface area contributed by atoms with E-state index in [0.29, 0.717) is 31.5 Å². The number of ether oxygens (including phenoxy) is 1. The molecule has 0 fully saturated rings. The van der Waals surface area contributed by atoms with E-state index in [0.717, 1.165) is 28.9 Å². The summed E-state index contributed by atoms with van der Waals surface area (Å²) in [5, 5.41) is 12.4. The zero-order valence-electron chi connectivity index (χ0n) is 18.4. The van der Waals surface area contributed by atoms with E-state index in [9.17, 15) is 0 Å². The van der Waals surface area contributed by atoms with Crippen LogP contribution in [0.1, 0.15) is 50.1 Å². The molecule has 8 nitrogen and oxygen atoms in total. The molecule has 0 bridgehead atoms. The van der Waals surface area contributed by atoms with Crippen LogP contribution < -0.4 is 16.2 Å². The fourth-order valence-corrected chi connectivity index (χ4v) is 3.14. The number of hydrogen-bond donors (Lipinski definition) is 2. The van der Waals surface area contributed by atoms with Crippen molar-refractivity contribution in [3.63, 3.8) is 0 Å². The largest absolute Gasteiger partial charge is 0.478 e. The summed E-state index contributed by atoms with van der Waals surface area (Å²) in [4.78, 5) is 4.36. The van der Waals surface area contributed by atoms with Crippen LogP contribution in [0.4, 0.5) is 0 Å². The smallest absolute Gasteiger partial charge is 0.216 e. The second kappa shape index (κ2) is 11.2. The van der Waals surface area contributed by atoms with Crippen LogP contribution in [0.3, 0.4) is 0 Å². The number of rotatable bonds is 10. The fourth-order valence-electron chi connectivity index (χ4n) is 3.14. The Hall–Kier alpha value is -3.13. The van der Waals surface area contributed by atoms with E-state index >= 15 is 0 Å². The number of aryl methyl sites for hydroxylation is 1. The third kappa shape index (κ3) is 5.70. The normalized spacial score (nSPS) is 12.3. The van der Waals surface area contributed by atoms with Crippen LogP contribution in [-0.4, -0.2) is 31.2 Å². The maximum Gasteiger partial charge on any atom is 0.216 e. The number of nitrogens with one attached hydrogen (secondary N) is 1. The van der Waals surface area contributed by atoms with Gasteiger partial charge in [0.15, 0.2) is 0 Å². The topological polar surface area (TPSA) is 105 Å². The summed E-state index contributed by atoms with van der Waals surface area (Å²) < 4.78 is 9.57. The maximum absolute atomic E-state index is 5.68. The van der Waals surface area contributed by atoms with Crippen LogP contribution in [-0.2, 0) is 20.0 Å². The van der Waals surface area contributed by atoms with Gasteiger partial charge in [0.1, 0.15) is 0 Å². The van der Waals surface area contributed by atoms with Crippen LogP contribution in [0.2, 0.25) is 0 Å². The van der Waals surface area contributed by atoms with E-state index in [1.807, 2.05) is 43.3 Å². The van der Waals surface area contributed by atoms with E-state index in [-0.39, 0.29) is 6.15 Å². The van der Waals surface area contributed by atoms with Gasteiger partial charge in [0.2, 0.25) is 5.88 Å². The number of hydrogen-bond acceptors (Lipinski definition) is 6. The molecule has 3 rings (SSSR count). The summed E-state index contributed by atoms with van der Waals surface area (Å²) in [6.45, 7) is 7.62. The van der Waals surface area contributed by atoms with Crippen molar-refractivity contribution >= 4 is 5.70 Å². The number of pyridine rings is 1. The maximum atomic E-state index is 5.68. The van der Waals surface area contributed by atoms with Gasteiger partial charge in [0.05, 0.1) is 24.2 Å². The molecule has 4 N–H and O–H groups in total. The molecule has 3 aromatic heterocycles. The van der Waals surface area contributed by atoms with E-state index in [1.54, 1.807) is 6.20 Å². The Morgan fingerprint density at radius 3 is 2.77 bits per heavy atom. The number of aromatic nitrogens is 5. The molecule has 0 aliphatic rings. The summed E-state index contributed by atoms with van der Waals surface area (Å²) in [6, 6.07) is 6.37. The van der Waals surface area contributed by atoms with Crippen LogP contribution in [0, 0.1) is 0 Å². The van der Waals surface area contributed by atoms with E-state index < -0.39 is 0 Å². The molecule has 3 heterocycles. The molecule has 1 atom stereocenters. The van der Waals surface area contributed by atoms with Crippen molar-refractivity contribution in [3.8, 4) is 5.88 Å². The third-order valence-electron chi connectivity index (χ3n) is 4.85. The lowest BCUT2D eigenvalue weighted by Crippen LogP contribution is -2.17. The highest BCUT2D eigenvalue weighted by Crippen LogP contribution is 2.21. The highest BCUT2D eigenvalue weighted by molar-refractivity contribution is 5.61. The minimum Gasteiger partial charge on any atom is -0.478 e. The summed E-state index contributed by atoms with van der Waals surface area (Å²) in [7, 11) is 1.93. The Kier molecular flexibility index (Phi) is 8.61. The lowest BCUT2D eigenvalue weighted by atomic mass is 10.1. The molecule has 0 aliphatic carbocycles. The lowest BCUT2D eigenvalue weighted by Gasteiger charge is -2.17. The van der Waals surface area contributed by atoms with Gasteiger partial charge in [-0.2, -0.15) is 10.2 Å². The average molecular weight is 412 g/mol. The molecule has 0 aliphatic heterocycles. The molecule has 0 aromatic carbocycles. The summed E-state index contributed by atoms with van der Waals surface area (Å²) in [5.41, 5.74) is 4.30. The first-order valence-corrected chi connectivity index (χ1v) is 10.1. The predicted molar refractivity (Wildman–Crippen MR) is 119 cm³/mol. The Morgan fingerprint density at radius 2 is 2.07 bits per heavy atom. The van der Waals surface area contributed by atoms with Crippen molar-refractivity contribution < 1.29 is 4.74 Å². The van der Waals surface area contributed by atoms with Gasteiger partial charge in [-0.1, -0.05) is 19.1 Å². The van der Waals surface area contributed by atoms with Crippen molar-refractivity contribution in [2.75, 3.05) is 6.61 Å². The van der Waals surface area contributed by atoms with Gasteiger partial charge in [-0.25, -0.2) is 4.98 Å². The molecule has 162 valence electrons. The van der Waals surface area contributed by atoms with Gasteiger partial charge in [-0.15, -0.1) is 0 Å². The monoisotopic (exact) mass is 411 g/mol. The Balaban J connectivity index is 0.00000320. The summed E-state index contributed by atoms with van der Waals surface area (Å²) in [6.07, 6.45) is 11.4. The van der Waals surface area contributed by atoms with Crippen LogP contribution in [0.5, 0.6) is 5.88 Å². The minimum atomic E-state index is 0. The van der Waals surface area contributed by atoms with Crippen molar-refractivity contribution in [1.29, 1.82) is 0 Å². The molecule has 3 aromatic rings. The summed E-state index contributed by atoms with van der Waals surface area (Å²) >= 11 is 0. The van der Waals surface area contributed by atoms with Crippen LogP contribution >= 0.6 is 0 Å². The van der Waals surface area contributed by atoms with Crippen molar-refractivity contribution in [2.45, 2.75) is 46.2 Å². The summed E-state index contributed by atoms with van der Waals surface area (Å²) in [5.74, 6) is 0.688. The Morgan fingerprint density at radius 1 is 1.23 bits per heavy atom. The molecule has 30 heavy (non-hydrogen) atoms. The van der Waals surface area contributed by atoms with Crippen molar-refractivity contribution in [2.24, 2.45) is 7.05 Å². The molecule has 0 spiro atoms. The fraction of sp³-hybridized carbons (Fsp3) is 0.409. The van der Waals surface area contributed by atoms with Crippen molar-refractivity contribution in [3.05, 3.63) is 65.9 Å². The quantitative estimate of drug-likeness (QED) is 0.524. The van der Waals surface area contributed by atoms with Gasteiger partial charge in [-0.3, -0.25) is 9.36 Å². The first-order chi connectivity index (χ1) is 14.1. The van der Waals surface area contributed by atoms with E-state index in [4.69, 9.17) is 4.74 Å². The second-order valence-corrected chi connectivity index (χ2v) is 7.02. The third-order valence-corrected chi connectivity index (χ3v) is 4.85. The number of nitrogens with zero attached hydrogens (tertiary/aromatic N) is 5. The Bertz CT molecular complexity index is 944. The molecule has 1 unspecified atom stereocenters. The first kappa shape index (κ1) is 23.2. The van der Waals surface area contributed by atoms with E-state index in [2.05, 4.69) is 57.2 Å². The Labute approximate surface area is 178 Å². The first-order valence-electron chi connectivity index (χ1n) is 10.1. The zero-order valence-corrected chi connectivity index (χ0v) is 18.4. The molecule has 8 heteroatoms. The predicted octanol–water partition coefficient (Wildman–Crippen LogP) is 3.92. The van der Waals surface area contributed by atoms with Crippen LogP contribution in [0.25, 0.3) is 5.70 Å². The molecule has 0 saturated heterocycles. The molecule has 0 amide bonds. The lowest BCUT2D eigenvalue weighted by molar-refractivity contribution is 0.323. The molecule has 0 radical (unpaired) electrons. The van der Waals surface area contributed by atoms with Gasteiger partial charge >= 0.3 is 0 Å². The van der Waals surface area contributed by atoms with E-state index in [1.165, 1.54) is 0 Å². The van der Waals surface area contributed by atoms with Gasteiger partial charge < -0.3 is 16.2 Å². The van der Waals surface area contributed by atoms with Crippen LogP contribution in [0.15, 0.2) is 49.1 Å². The number of allylic oxidation sites excluding steroid dienone is 1. The standard InChI is InChI=1S/C22H30N6O.H3N/c1-5-17(3)28-21(11-13-25-28)20(24-14-18-15-26-27(4)16-18)10-9-19-8-7-12-23-22(19)29-6-2;/h7-8,10-13,15-17,24H,5-6,9,14H2,1-4H3;1H3/b20-10+;. The highest BCUT2D eigenvalue weighted by Gasteiger charge is 2.13. The highest BCUT2D eigenvalue weighted by atomic mass is 16.5. The SMILES string of the molecule is CCOc1ncccc1C/C=C(/NCc1cnn(C)c1)c1ccnn1C(C)CC.N. The zero-order chi connectivity index (χ0) is 20.6. The second-order valence-electron chi connectivity index (χ2n) is 7.02. The molecular weight excluding hydrogens is 378 g/mol.